The topological polar surface area (TPSA) is 434 Å². The van der Waals surface area contributed by atoms with Crippen LogP contribution >= 0.6 is 0 Å². The van der Waals surface area contributed by atoms with Crippen molar-refractivity contribution in [1.29, 1.82) is 0 Å². The van der Waals surface area contributed by atoms with E-state index in [1.165, 1.54) is 12.1 Å². The van der Waals surface area contributed by atoms with Crippen LogP contribution in [0.2, 0.25) is 0 Å². The van der Waals surface area contributed by atoms with Crippen molar-refractivity contribution in [3.05, 3.63) is 104 Å². The SMILES string of the molecule is O=C(CCCOCCOCCOCCOCCOCCOCCOCCCC(=O)[C@@H]1CCCN(c2cc(Nc3ccc(S(=O)(=O)O)cc3S(=O)(=O)O)c3c4c(onc24)-c2ccccc2C3=O)C1)CCCC(=O)CCCOCCOCCOCCOCCOCCOCCOCCCc1ccc([N+](=O)[O-])cc1[N+](=O)[O-]. The number of rotatable bonds is 64. The second-order valence-corrected chi connectivity index (χ2v) is 28.0. The van der Waals surface area contributed by atoms with Crippen LogP contribution in [0.4, 0.5) is 28.4 Å². The van der Waals surface area contributed by atoms with Crippen LogP contribution in [0.5, 0.6) is 0 Å². The number of nitrogens with zero attached hydrogens (tertiary/aromatic N) is 4. The van der Waals surface area contributed by atoms with Gasteiger partial charge in [0.2, 0.25) is 0 Å². The summed E-state index contributed by atoms with van der Waals surface area (Å²) in [4.78, 5) is 73.6. The van der Waals surface area contributed by atoms with Crippen molar-refractivity contribution in [1.82, 2.24) is 5.16 Å². The normalized spacial score (nSPS) is 13.7. The lowest BCUT2D eigenvalue weighted by Crippen LogP contribution is -2.39. The van der Waals surface area contributed by atoms with Gasteiger partial charge in [0.05, 0.1) is 207 Å². The standard InChI is InChI=1S/C73H101N5O29S2/c79-58(13-6-24-94-28-32-98-36-40-102-44-48-105-47-43-101-39-35-97-31-27-93-23-5-10-55-18-19-57(77(83)84)51-65(55)78(85)86)11-3-12-59(80)14-7-25-95-29-33-99-37-41-103-45-49-106-50-46-104-42-38-100-34-30-96-26-8-17-67(81)56-9-4-22-76(54-56)66-53-64(74-63-21-20-60(108(87,88)89)52-68(63)109(90,91)92)69-70-71(66)75-107-73(70)62-16-2-1-15-61(62)72(69)82/h1-2,15-16,18-21,51-53,56,74H,3-14,17,22-50,54H2,(H,87,88,89)(H,90,91,92)/t56-/m1/s1. The Labute approximate surface area is 633 Å². The molecule has 0 saturated carbocycles. The van der Waals surface area contributed by atoms with E-state index in [0.717, 1.165) is 18.2 Å². The molecule has 0 bridgehead atoms. The summed E-state index contributed by atoms with van der Waals surface area (Å²) in [6, 6.07) is 14.6. The molecule has 1 aliphatic carbocycles. The minimum Gasteiger partial charge on any atom is -0.379 e. The third-order valence-electron chi connectivity index (χ3n) is 17.2. The first kappa shape index (κ1) is 88.9. The fourth-order valence-corrected chi connectivity index (χ4v) is 13.0. The molecule has 0 amide bonds. The summed E-state index contributed by atoms with van der Waals surface area (Å²) in [6.45, 7) is 11.8. The van der Waals surface area contributed by atoms with Crippen molar-refractivity contribution in [2.24, 2.45) is 5.92 Å². The van der Waals surface area contributed by atoms with Crippen LogP contribution < -0.4 is 10.2 Å². The molecule has 34 nitrogen and oxygen atoms in total. The number of ether oxygens (including phenoxy) is 14. The molecule has 2 aliphatic rings. The smallest absolute Gasteiger partial charge is 0.296 e. The van der Waals surface area contributed by atoms with E-state index in [2.05, 4.69) is 10.5 Å². The van der Waals surface area contributed by atoms with Crippen molar-refractivity contribution in [2.45, 2.75) is 93.3 Å². The Morgan fingerprint density at radius 1 is 0.514 bits per heavy atom. The van der Waals surface area contributed by atoms with Gasteiger partial charge < -0.3 is 81.1 Å². The van der Waals surface area contributed by atoms with Crippen LogP contribution in [-0.4, -0.2) is 262 Å². The molecule has 1 aliphatic heterocycles. The molecule has 2 heterocycles. The van der Waals surface area contributed by atoms with Crippen LogP contribution in [0.1, 0.15) is 98.5 Å². The van der Waals surface area contributed by atoms with Gasteiger partial charge in [0.15, 0.2) is 11.5 Å². The van der Waals surface area contributed by atoms with E-state index in [9.17, 15) is 65.3 Å². The zero-order chi connectivity index (χ0) is 77.9. The first-order valence-electron chi connectivity index (χ1n) is 36.6. The van der Waals surface area contributed by atoms with E-state index in [1.54, 1.807) is 30.3 Å². The number of aromatic nitrogens is 1. The molecule has 4 aromatic carbocycles. The Bertz CT molecular complexity index is 3880. The van der Waals surface area contributed by atoms with Gasteiger partial charge in [-0.3, -0.25) is 48.5 Å². The average Bonchev–Trinajstić information content (AvgIpc) is 1.63. The average molecular weight is 1580 g/mol. The summed E-state index contributed by atoms with van der Waals surface area (Å²) >= 11 is 0. The number of fused-ring (bicyclic) bond motifs is 2. The highest BCUT2D eigenvalue weighted by Gasteiger charge is 2.36. The van der Waals surface area contributed by atoms with E-state index in [0.29, 0.717) is 320 Å². The molecule has 36 heteroatoms. The molecule has 109 heavy (non-hydrogen) atoms. The van der Waals surface area contributed by atoms with Gasteiger partial charge in [0, 0.05) is 100 Å². The molecule has 1 saturated heterocycles. The molecule has 3 N–H and O–H groups in total. The Morgan fingerprint density at radius 2 is 0.954 bits per heavy atom. The molecule has 1 atom stereocenters. The van der Waals surface area contributed by atoms with E-state index >= 15 is 0 Å². The number of Topliss-reactive ketones (excluding diaryl/α,β-unsaturated/α-hetero) is 3. The molecule has 1 fully saturated rings. The number of hydrogen-bond acceptors (Lipinski definition) is 30. The molecule has 0 radical (unpaired) electrons. The first-order chi connectivity index (χ1) is 52.8. The Kier molecular flexibility index (Phi) is 40.7. The van der Waals surface area contributed by atoms with Gasteiger partial charge in [0.25, 0.3) is 31.6 Å². The number of benzene rings is 4. The van der Waals surface area contributed by atoms with Crippen molar-refractivity contribution >= 4 is 82.7 Å². The second kappa shape index (κ2) is 49.8. The first-order valence-corrected chi connectivity index (χ1v) is 39.5. The number of anilines is 3. The third kappa shape index (κ3) is 32.1. The Balaban J connectivity index is 0.571. The Hall–Kier alpha value is -7.31. The number of nitro benzene ring substituents is 2. The van der Waals surface area contributed by atoms with Gasteiger partial charge in [-0.15, -0.1) is 0 Å². The molecular formula is C73H101N5O29S2. The monoisotopic (exact) mass is 1580 g/mol. The zero-order valence-corrected chi connectivity index (χ0v) is 63.0. The molecule has 0 spiro atoms. The molecule has 5 aromatic rings. The van der Waals surface area contributed by atoms with Gasteiger partial charge in [-0.2, -0.15) is 16.8 Å². The Morgan fingerprint density at radius 3 is 1.40 bits per heavy atom. The van der Waals surface area contributed by atoms with Gasteiger partial charge in [-0.25, -0.2) is 0 Å². The largest absolute Gasteiger partial charge is 0.379 e. The molecule has 0 unspecified atom stereocenters. The summed E-state index contributed by atoms with van der Waals surface area (Å²) < 4.78 is 152. The second-order valence-electron chi connectivity index (χ2n) is 25.2. The predicted molar refractivity (Wildman–Crippen MR) is 393 cm³/mol. The van der Waals surface area contributed by atoms with E-state index in [-0.39, 0.29) is 58.0 Å². The summed E-state index contributed by atoms with van der Waals surface area (Å²) in [5, 5.41) is 29.8. The fraction of sp³-hybridized carbons (Fsp3) is 0.603. The summed E-state index contributed by atoms with van der Waals surface area (Å²) in [5.41, 5.74) is 1.38. The van der Waals surface area contributed by atoms with Crippen LogP contribution in [0.25, 0.3) is 22.2 Å². The number of aryl methyl sites for hydroxylation is 1. The highest BCUT2D eigenvalue weighted by molar-refractivity contribution is 7.86. The number of hydrogen-bond donors (Lipinski definition) is 3. The van der Waals surface area contributed by atoms with Crippen LogP contribution in [0, 0.1) is 26.1 Å². The minimum atomic E-state index is -5.08. The summed E-state index contributed by atoms with van der Waals surface area (Å²) in [7, 11) is -9.94. The number of ketones is 4. The van der Waals surface area contributed by atoms with E-state index in [1.807, 2.05) is 4.90 Å². The van der Waals surface area contributed by atoms with Crippen LogP contribution in [0.15, 0.2) is 81.0 Å². The molecule has 1 aromatic heterocycles. The third-order valence-corrected chi connectivity index (χ3v) is 18.9. The highest BCUT2D eigenvalue weighted by atomic mass is 32.2. The molecule has 7 rings (SSSR count). The quantitative estimate of drug-likeness (QED) is 0.0139. The summed E-state index contributed by atoms with van der Waals surface area (Å²) in [5.74, 6) is -0.197. The van der Waals surface area contributed by atoms with E-state index < -0.39 is 45.7 Å². The van der Waals surface area contributed by atoms with Crippen LogP contribution in [-0.2, 0) is 107 Å². The number of carbonyl (C=O) groups is 4. The number of nitrogens with one attached hydrogen (secondary N) is 1. The lowest BCUT2D eigenvalue weighted by atomic mass is 9.85. The zero-order valence-electron chi connectivity index (χ0n) is 61.4. The maximum Gasteiger partial charge on any atom is 0.296 e. The number of non-ortho nitro benzene ring substituents is 1. The minimum absolute atomic E-state index is 0.0530. The van der Waals surface area contributed by atoms with Crippen molar-refractivity contribution in [3.8, 4) is 11.3 Å². The maximum absolute atomic E-state index is 14.2. The lowest BCUT2D eigenvalue weighted by Gasteiger charge is -2.34. The van der Waals surface area contributed by atoms with Gasteiger partial charge >= 0.3 is 0 Å². The van der Waals surface area contributed by atoms with Crippen molar-refractivity contribution in [3.63, 3.8) is 0 Å². The number of piperidine rings is 1. The number of carbonyl (C=O) groups excluding carboxylic acids is 4. The van der Waals surface area contributed by atoms with Gasteiger partial charge in [0.1, 0.15) is 27.8 Å². The number of nitro groups is 2. The lowest BCUT2D eigenvalue weighted by molar-refractivity contribution is -0.394. The molecule has 604 valence electrons. The van der Waals surface area contributed by atoms with Crippen LogP contribution in [0.3, 0.4) is 0 Å². The highest BCUT2D eigenvalue weighted by Crippen LogP contribution is 2.47. The van der Waals surface area contributed by atoms with Gasteiger partial charge in [-0.05, 0) is 81.7 Å². The van der Waals surface area contributed by atoms with Gasteiger partial charge in [-0.1, -0.05) is 29.4 Å². The van der Waals surface area contributed by atoms with Crippen molar-refractivity contribution in [2.75, 3.05) is 208 Å². The predicted octanol–water partition coefficient (Wildman–Crippen LogP) is 8.39. The maximum atomic E-state index is 14.2. The van der Waals surface area contributed by atoms with Crippen molar-refractivity contribution < 1.29 is 126 Å². The fourth-order valence-electron chi connectivity index (χ4n) is 11.7. The summed E-state index contributed by atoms with van der Waals surface area (Å²) in [6.07, 6.45) is 6.20. The molecular weight excluding hydrogens is 1470 g/mol. The van der Waals surface area contributed by atoms with E-state index in [4.69, 9.17) is 70.8 Å².